The van der Waals surface area contributed by atoms with Gasteiger partial charge < -0.3 is 14.4 Å². The van der Waals surface area contributed by atoms with Crippen LogP contribution < -0.4 is 10.3 Å². The van der Waals surface area contributed by atoms with E-state index in [4.69, 9.17) is 4.74 Å². The number of pyridine rings is 1. The highest BCUT2D eigenvalue weighted by atomic mass is 16.5. The quantitative estimate of drug-likeness (QED) is 0.940. The van der Waals surface area contributed by atoms with Gasteiger partial charge in [-0.1, -0.05) is 0 Å². The molecule has 0 saturated heterocycles. The Labute approximate surface area is 124 Å². The first-order chi connectivity index (χ1) is 9.84. The Balaban J connectivity index is 2.46. The van der Waals surface area contributed by atoms with Crippen molar-refractivity contribution >= 4 is 0 Å². The van der Waals surface area contributed by atoms with E-state index >= 15 is 0 Å². The maximum atomic E-state index is 12.4. The molecule has 0 atom stereocenters. The molecule has 112 valence electrons. The normalized spacial score (nSPS) is 11.5. The van der Waals surface area contributed by atoms with Gasteiger partial charge in [0.05, 0.1) is 17.9 Å². The summed E-state index contributed by atoms with van der Waals surface area (Å²) in [6.45, 7) is 5.78. The van der Waals surface area contributed by atoms with Crippen LogP contribution >= 0.6 is 0 Å². The van der Waals surface area contributed by atoms with Crippen molar-refractivity contribution in [2.75, 3.05) is 6.61 Å². The number of ether oxygens (including phenoxy) is 1. The lowest BCUT2D eigenvalue weighted by atomic mass is 9.99. The van der Waals surface area contributed by atoms with Gasteiger partial charge in [-0.25, -0.2) is 0 Å². The van der Waals surface area contributed by atoms with Crippen molar-refractivity contribution in [3.05, 3.63) is 52.3 Å². The first-order valence-corrected chi connectivity index (χ1v) is 7.00. The summed E-state index contributed by atoms with van der Waals surface area (Å²) in [5, 5.41) is 10.0. The Morgan fingerprint density at radius 3 is 2.29 bits per heavy atom. The molecule has 0 radical (unpaired) electrons. The van der Waals surface area contributed by atoms with Crippen LogP contribution in [0.1, 0.15) is 26.3 Å². The van der Waals surface area contributed by atoms with Crippen LogP contribution in [0.3, 0.4) is 0 Å². The predicted octanol–water partition coefficient (Wildman–Crippen LogP) is 2.68. The first-order valence-electron chi connectivity index (χ1n) is 7.00. The third-order valence-electron chi connectivity index (χ3n) is 3.42. The Morgan fingerprint density at radius 2 is 1.76 bits per heavy atom. The fraction of sp³-hybridized carbons (Fsp3) is 0.353. The van der Waals surface area contributed by atoms with Gasteiger partial charge in [-0.2, -0.15) is 0 Å². The second-order valence-electron chi connectivity index (χ2n) is 5.51. The minimum absolute atomic E-state index is 0.186. The van der Waals surface area contributed by atoms with Gasteiger partial charge in [0.2, 0.25) is 0 Å². The summed E-state index contributed by atoms with van der Waals surface area (Å²) in [6.07, 6.45) is 0. The molecule has 2 aromatic rings. The second kappa shape index (κ2) is 5.74. The van der Waals surface area contributed by atoms with Gasteiger partial charge in [0.1, 0.15) is 5.75 Å². The fourth-order valence-corrected chi connectivity index (χ4v) is 2.28. The van der Waals surface area contributed by atoms with E-state index < -0.39 is 5.60 Å². The molecule has 1 aromatic carbocycles. The number of benzene rings is 1. The molecule has 0 spiro atoms. The molecule has 0 aliphatic rings. The highest BCUT2D eigenvalue weighted by molar-refractivity contribution is 5.61. The third kappa shape index (κ3) is 3.16. The van der Waals surface area contributed by atoms with Crippen LogP contribution in [0.25, 0.3) is 11.3 Å². The molecule has 1 N–H and O–H groups in total. The standard InChI is InChI=1S/C17H21NO3/c1-5-21-13-8-6-12(7-9-13)15-11-10-14(17(2,3)20)16(19)18(15)4/h6-11,20H,5H2,1-4H3. The summed E-state index contributed by atoms with van der Waals surface area (Å²) in [5.74, 6) is 0.805. The van der Waals surface area contributed by atoms with E-state index in [9.17, 15) is 9.90 Å². The molecule has 0 saturated carbocycles. The summed E-state index contributed by atoms with van der Waals surface area (Å²) in [6, 6.07) is 11.1. The largest absolute Gasteiger partial charge is 0.494 e. The molecule has 2 rings (SSSR count). The molecule has 1 heterocycles. The number of nitrogens with zero attached hydrogens (tertiary/aromatic N) is 1. The van der Waals surface area contributed by atoms with Crippen LogP contribution in [-0.4, -0.2) is 16.3 Å². The molecule has 0 bridgehead atoms. The van der Waals surface area contributed by atoms with Gasteiger partial charge in [0.25, 0.3) is 5.56 Å². The molecule has 4 heteroatoms. The van der Waals surface area contributed by atoms with E-state index in [2.05, 4.69) is 0 Å². The summed E-state index contributed by atoms with van der Waals surface area (Å²) >= 11 is 0. The summed E-state index contributed by atoms with van der Waals surface area (Å²) < 4.78 is 6.97. The molecule has 0 unspecified atom stereocenters. The van der Waals surface area contributed by atoms with E-state index in [1.807, 2.05) is 37.3 Å². The van der Waals surface area contributed by atoms with Crippen LogP contribution in [0, 0.1) is 0 Å². The molecular weight excluding hydrogens is 266 g/mol. The van der Waals surface area contributed by atoms with Crippen molar-refractivity contribution in [2.24, 2.45) is 7.05 Å². The molecule has 0 amide bonds. The molecule has 4 nitrogen and oxygen atoms in total. The van der Waals surface area contributed by atoms with Gasteiger partial charge in [-0.05, 0) is 62.7 Å². The van der Waals surface area contributed by atoms with E-state index in [1.54, 1.807) is 31.5 Å². The SMILES string of the molecule is CCOc1ccc(-c2ccc(C(C)(C)O)c(=O)n2C)cc1. The maximum absolute atomic E-state index is 12.4. The van der Waals surface area contributed by atoms with Crippen molar-refractivity contribution in [3.63, 3.8) is 0 Å². The number of aromatic nitrogens is 1. The number of rotatable bonds is 4. The molecule has 0 aliphatic heterocycles. The van der Waals surface area contributed by atoms with Crippen LogP contribution in [0.4, 0.5) is 0 Å². The highest BCUT2D eigenvalue weighted by Gasteiger charge is 2.21. The van der Waals surface area contributed by atoms with Gasteiger partial charge in [0.15, 0.2) is 0 Å². The van der Waals surface area contributed by atoms with E-state index in [0.717, 1.165) is 17.0 Å². The molecular formula is C17H21NO3. The Hall–Kier alpha value is -2.07. The zero-order valence-electron chi connectivity index (χ0n) is 12.9. The third-order valence-corrected chi connectivity index (χ3v) is 3.42. The topological polar surface area (TPSA) is 51.5 Å². The van der Waals surface area contributed by atoms with Gasteiger partial charge in [0, 0.05) is 12.6 Å². The molecule has 1 aromatic heterocycles. The molecule has 0 fully saturated rings. The summed E-state index contributed by atoms with van der Waals surface area (Å²) in [4.78, 5) is 12.4. The van der Waals surface area contributed by atoms with Crippen LogP contribution in [0.2, 0.25) is 0 Å². The highest BCUT2D eigenvalue weighted by Crippen LogP contribution is 2.23. The lowest BCUT2D eigenvalue weighted by Gasteiger charge is -2.19. The van der Waals surface area contributed by atoms with Crippen LogP contribution in [0.15, 0.2) is 41.2 Å². The smallest absolute Gasteiger partial charge is 0.256 e. The monoisotopic (exact) mass is 287 g/mol. The van der Waals surface area contributed by atoms with Crippen molar-refractivity contribution in [1.82, 2.24) is 4.57 Å². The van der Waals surface area contributed by atoms with Crippen molar-refractivity contribution in [3.8, 4) is 17.0 Å². The van der Waals surface area contributed by atoms with E-state index in [-0.39, 0.29) is 5.56 Å². The van der Waals surface area contributed by atoms with Crippen molar-refractivity contribution < 1.29 is 9.84 Å². The predicted molar refractivity (Wildman–Crippen MR) is 83.5 cm³/mol. The lowest BCUT2D eigenvalue weighted by Crippen LogP contribution is -2.31. The number of hydrogen-bond acceptors (Lipinski definition) is 3. The van der Waals surface area contributed by atoms with Crippen LogP contribution in [0.5, 0.6) is 5.75 Å². The molecule has 21 heavy (non-hydrogen) atoms. The minimum Gasteiger partial charge on any atom is -0.494 e. The average molecular weight is 287 g/mol. The fourth-order valence-electron chi connectivity index (χ4n) is 2.28. The van der Waals surface area contributed by atoms with Crippen molar-refractivity contribution in [2.45, 2.75) is 26.4 Å². The van der Waals surface area contributed by atoms with Gasteiger partial charge >= 0.3 is 0 Å². The summed E-state index contributed by atoms with van der Waals surface area (Å²) in [5.41, 5.74) is 0.789. The van der Waals surface area contributed by atoms with Crippen LogP contribution in [-0.2, 0) is 12.6 Å². The molecule has 0 aliphatic carbocycles. The van der Waals surface area contributed by atoms with Gasteiger partial charge in [-0.15, -0.1) is 0 Å². The number of hydrogen-bond donors (Lipinski definition) is 1. The maximum Gasteiger partial charge on any atom is 0.256 e. The zero-order valence-corrected chi connectivity index (χ0v) is 12.9. The lowest BCUT2D eigenvalue weighted by molar-refractivity contribution is 0.0766. The van der Waals surface area contributed by atoms with E-state index in [1.165, 1.54) is 0 Å². The summed E-state index contributed by atoms with van der Waals surface area (Å²) in [7, 11) is 1.71. The van der Waals surface area contributed by atoms with E-state index in [0.29, 0.717) is 12.2 Å². The average Bonchev–Trinajstić information content (AvgIpc) is 2.42. The number of aliphatic hydroxyl groups is 1. The minimum atomic E-state index is -1.15. The Kier molecular flexibility index (Phi) is 4.19. The Bertz CT molecular complexity index is 679. The van der Waals surface area contributed by atoms with Gasteiger partial charge in [-0.3, -0.25) is 4.79 Å². The Morgan fingerprint density at radius 1 is 1.14 bits per heavy atom. The second-order valence-corrected chi connectivity index (χ2v) is 5.51. The zero-order chi connectivity index (χ0) is 15.6. The first kappa shape index (κ1) is 15.3. The van der Waals surface area contributed by atoms with Crippen molar-refractivity contribution in [1.29, 1.82) is 0 Å².